The predicted molar refractivity (Wildman–Crippen MR) is 123 cm³/mol. The molecule has 1 aromatic heterocycles. The number of carbonyl (C=O) groups excluding carboxylic acids is 1. The zero-order valence-electron chi connectivity index (χ0n) is 16.7. The minimum atomic E-state index is -0.396. The van der Waals surface area contributed by atoms with Gasteiger partial charge in [0.05, 0.1) is 5.57 Å². The highest BCUT2D eigenvalue weighted by Gasteiger charge is 2.35. The second kappa shape index (κ2) is 7.68. The average molecular weight is 424 g/mol. The lowest BCUT2D eigenvalue weighted by Crippen LogP contribution is -2.35. The van der Waals surface area contributed by atoms with Crippen molar-refractivity contribution in [2.75, 3.05) is 5.75 Å². The van der Waals surface area contributed by atoms with Gasteiger partial charge in [-0.25, -0.2) is 0 Å². The summed E-state index contributed by atoms with van der Waals surface area (Å²) in [6.45, 7) is 8.16. The lowest BCUT2D eigenvalue weighted by atomic mass is 10.1. The molecule has 4 rings (SSSR count). The highest BCUT2D eigenvalue weighted by Crippen LogP contribution is 2.33. The normalized spacial score (nSPS) is 17.7. The Bertz CT molecular complexity index is 1110. The van der Waals surface area contributed by atoms with Gasteiger partial charge in [0.2, 0.25) is 5.17 Å². The first-order valence-electron chi connectivity index (χ1n) is 9.28. The fourth-order valence-electron chi connectivity index (χ4n) is 3.34. The number of nitrogens with one attached hydrogen (secondary N) is 1. The molecule has 0 saturated heterocycles. The second-order valence-corrected chi connectivity index (χ2v) is 9.28. The third-order valence-electron chi connectivity index (χ3n) is 4.77. The molecule has 0 atom stereocenters. The number of thioether (sulfide) groups is 2. The lowest BCUT2D eigenvalue weighted by molar-refractivity contribution is -0.114. The highest BCUT2D eigenvalue weighted by atomic mass is 32.2. The molecule has 1 amide bonds. The largest absolute Gasteiger partial charge is 0.318 e. The van der Waals surface area contributed by atoms with Crippen LogP contribution in [0, 0.1) is 26.2 Å². The molecule has 0 aliphatic carbocycles. The molecular formula is C21H21N5OS2. The summed E-state index contributed by atoms with van der Waals surface area (Å²) in [6.07, 6.45) is 1.75. The van der Waals surface area contributed by atoms with Crippen molar-refractivity contribution in [1.29, 1.82) is 5.41 Å². The molecule has 1 aromatic carbocycles. The van der Waals surface area contributed by atoms with Crippen LogP contribution in [0.5, 0.6) is 0 Å². The number of hydrogen-bond acceptors (Lipinski definition) is 5. The highest BCUT2D eigenvalue weighted by molar-refractivity contribution is 8.45. The smallest absolute Gasteiger partial charge is 0.283 e. The van der Waals surface area contributed by atoms with Crippen molar-refractivity contribution < 1.29 is 4.79 Å². The van der Waals surface area contributed by atoms with E-state index < -0.39 is 5.91 Å². The lowest BCUT2D eigenvalue weighted by Gasteiger charge is -2.20. The van der Waals surface area contributed by atoms with Crippen LogP contribution in [0.1, 0.15) is 29.4 Å². The van der Waals surface area contributed by atoms with E-state index in [1.54, 1.807) is 17.8 Å². The minimum absolute atomic E-state index is 0.0688. The van der Waals surface area contributed by atoms with Gasteiger partial charge in [-0.2, -0.15) is 10.0 Å². The SMILES string of the molecule is CCSC1=NN2C(=N)C(=Cc3cc(C)n(-c4ccc(C)cc4)c3C)C(=O)N=C2S1. The van der Waals surface area contributed by atoms with Crippen molar-refractivity contribution in [3.05, 3.63) is 58.4 Å². The Hall–Kier alpha value is -2.58. The van der Waals surface area contributed by atoms with Crippen molar-refractivity contribution >= 4 is 50.9 Å². The van der Waals surface area contributed by atoms with Gasteiger partial charge in [0.1, 0.15) is 0 Å². The molecule has 6 nitrogen and oxygen atoms in total. The maximum absolute atomic E-state index is 12.6. The summed E-state index contributed by atoms with van der Waals surface area (Å²) >= 11 is 2.92. The standard InChI is InChI=1S/C21H21N5OS2/c1-5-28-21-24-26-18(22)17(19(27)23-20(26)29-21)11-15-10-13(3)25(14(15)4)16-8-6-12(2)7-9-16/h6-11,22H,5H2,1-4H3. The average Bonchev–Trinajstić information content (AvgIpc) is 3.20. The van der Waals surface area contributed by atoms with E-state index >= 15 is 0 Å². The molecule has 8 heteroatoms. The molecule has 2 aromatic rings. The van der Waals surface area contributed by atoms with Crippen LogP contribution in [0.25, 0.3) is 11.8 Å². The molecule has 2 aliphatic rings. The Morgan fingerprint density at radius 2 is 1.93 bits per heavy atom. The van der Waals surface area contributed by atoms with Crippen LogP contribution in [0.15, 0.2) is 46.0 Å². The number of rotatable bonds is 3. The van der Waals surface area contributed by atoms with Crippen LogP contribution in [0.4, 0.5) is 0 Å². The second-order valence-electron chi connectivity index (χ2n) is 6.82. The Morgan fingerprint density at radius 3 is 2.62 bits per heavy atom. The third-order valence-corrected chi connectivity index (χ3v) is 6.69. The van der Waals surface area contributed by atoms with E-state index in [0.717, 1.165) is 32.8 Å². The van der Waals surface area contributed by atoms with Crippen molar-refractivity contribution in [2.45, 2.75) is 27.7 Å². The molecule has 2 aliphatic heterocycles. The van der Waals surface area contributed by atoms with Crippen molar-refractivity contribution in [3.63, 3.8) is 0 Å². The number of aliphatic imine (C=N–C) groups is 1. The summed E-state index contributed by atoms with van der Waals surface area (Å²) in [6, 6.07) is 10.4. The molecule has 0 saturated carbocycles. The van der Waals surface area contributed by atoms with Crippen LogP contribution in [-0.4, -0.2) is 36.6 Å². The van der Waals surface area contributed by atoms with E-state index in [2.05, 4.69) is 45.9 Å². The zero-order chi connectivity index (χ0) is 20.7. The summed E-state index contributed by atoms with van der Waals surface area (Å²) in [5, 5.41) is 14.9. The van der Waals surface area contributed by atoms with Gasteiger partial charge in [-0.15, -0.1) is 5.10 Å². The number of hydrazone groups is 1. The van der Waals surface area contributed by atoms with Crippen LogP contribution in [0.2, 0.25) is 0 Å². The van der Waals surface area contributed by atoms with Gasteiger partial charge in [0.15, 0.2) is 10.2 Å². The number of aryl methyl sites for hydroxylation is 2. The van der Waals surface area contributed by atoms with E-state index in [-0.39, 0.29) is 11.4 Å². The molecular weight excluding hydrogens is 402 g/mol. The Balaban J connectivity index is 1.72. The number of carbonyl (C=O) groups is 1. The molecule has 0 fully saturated rings. The minimum Gasteiger partial charge on any atom is -0.318 e. The Morgan fingerprint density at radius 1 is 1.21 bits per heavy atom. The quantitative estimate of drug-likeness (QED) is 0.724. The van der Waals surface area contributed by atoms with E-state index in [4.69, 9.17) is 5.41 Å². The maximum atomic E-state index is 12.6. The van der Waals surface area contributed by atoms with Gasteiger partial charge in [0.25, 0.3) is 5.91 Å². The number of amidine groups is 2. The summed E-state index contributed by atoms with van der Waals surface area (Å²) in [7, 11) is 0. The van der Waals surface area contributed by atoms with Crippen LogP contribution < -0.4 is 0 Å². The molecule has 1 N–H and O–H groups in total. The van der Waals surface area contributed by atoms with E-state index in [1.807, 2.05) is 26.8 Å². The molecule has 0 radical (unpaired) electrons. The van der Waals surface area contributed by atoms with E-state index in [1.165, 1.54) is 22.3 Å². The number of hydrogen-bond donors (Lipinski definition) is 1. The monoisotopic (exact) mass is 423 g/mol. The van der Waals surface area contributed by atoms with Crippen molar-refractivity contribution in [1.82, 2.24) is 9.58 Å². The molecule has 0 unspecified atom stereocenters. The first-order valence-corrected chi connectivity index (χ1v) is 11.1. The summed E-state index contributed by atoms with van der Waals surface area (Å²) in [4.78, 5) is 16.8. The van der Waals surface area contributed by atoms with Crippen molar-refractivity contribution in [2.24, 2.45) is 10.1 Å². The van der Waals surface area contributed by atoms with Crippen LogP contribution in [0.3, 0.4) is 0 Å². The summed E-state index contributed by atoms with van der Waals surface area (Å²) in [5.41, 5.74) is 5.50. The van der Waals surface area contributed by atoms with Gasteiger partial charge < -0.3 is 4.57 Å². The molecule has 3 heterocycles. The van der Waals surface area contributed by atoms with Gasteiger partial charge in [-0.05, 0) is 68.1 Å². The molecule has 0 spiro atoms. The molecule has 0 bridgehead atoms. The number of fused-ring (bicyclic) bond motifs is 1. The van der Waals surface area contributed by atoms with Crippen LogP contribution >= 0.6 is 23.5 Å². The Kier molecular flexibility index (Phi) is 5.23. The number of aromatic nitrogens is 1. The van der Waals surface area contributed by atoms with E-state index in [9.17, 15) is 4.79 Å². The van der Waals surface area contributed by atoms with Crippen molar-refractivity contribution in [3.8, 4) is 5.69 Å². The fraction of sp³-hybridized carbons (Fsp3) is 0.238. The van der Waals surface area contributed by atoms with Gasteiger partial charge >= 0.3 is 0 Å². The first kappa shape index (κ1) is 19.7. The molecule has 29 heavy (non-hydrogen) atoms. The summed E-state index contributed by atoms with van der Waals surface area (Å²) < 4.78 is 2.96. The van der Waals surface area contributed by atoms with E-state index in [0.29, 0.717) is 5.17 Å². The molecule has 148 valence electrons. The number of amides is 1. The fourth-order valence-corrected chi connectivity index (χ4v) is 5.16. The van der Waals surface area contributed by atoms with Gasteiger partial charge in [-0.1, -0.05) is 36.4 Å². The summed E-state index contributed by atoms with van der Waals surface area (Å²) in [5.74, 6) is 0.549. The third kappa shape index (κ3) is 3.58. The number of benzene rings is 1. The topological polar surface area (TPSA) is 73.8 Å². The maximum Gasteiger partial charge on any atom is 0.283 e. The zero-order valence-corrected chi connectivity index (χ0v) is 18.3. The predicted octanol–water partition coefficient (Wildman–Crippen LogP) is 4.73. The van der Waals surface area contributed by atoms with Gasteiger partial charge in [0, 0.05) is 17.1 Å². The van der Waals surface area contributed by atoms with Crippen LogP contribution in [-0.2, 0) is 4.79 Å². The Labute approximate surface area is 178 Å². The first-order chi connectivity index (χ1) is 13.9. The van der Waals surface area contributed by atoms with Gasteiger partial charge in [-0.3, -0.25) is 10.2 Å². The number of nitrogens with zero attached hydrogens (tertiary/aromatic N) is 4.